The Morgan fingerprint density at radius 3 is 2.58 bits per heavy atom. The van der Waals surface area contributed by atoms with E-state index < -0.39 is 17.9 Å². The van der Waals surface area contributed by atoms with E-state index in [0.29, 0.717) is 17.7 Å². The molecule has 1 aromatic heterocycles. The van der Waals surface area contributed by atoms with Crippen molar-refractivity contribution in [2.75, 3.05) is 5.32 Å². The molecule has 130 valence electrons. The summed E-state index contributed by atoms with van der Waals surface area (Å²) in [6, 6.07) is 15.5. The summed E-state index contributed by atoms with van der Waals surface area (Å²) in [5.74, 6) is -1.27. The minimum atomic E-state index is -0.830. The zero-order valence-corrected chi connectivity index (χ0v) is 14.4. The Hall–Kier alpha value is -3.06. The first kappa shape index (κ1) is 16.4. The van der Waals surface area contributed by atoms with Gasteiger partial charge in [-0.2, -0.15) is 9.37 Å². The van der Waals surface area contributed by atoms with Crippen LogP contribution in [0.2, 0.25) is 0 Å². The molecule has 1 aliphatic heterocycles. The second kappa shape index (κ2) is 6.68. The molecule has 26 heavy (non-hydrogen) atoms. The standard InChI is InChI=1S/C19H14FN3O2S/c20-15-11-26-19(21-15)22-17(24)16(12-6-2-1-3-7-12)23-10-13-8-4-5-9-14(13)18(23)25/h1-9,11,16H,10H2,(H,21,22,24)/t16-/m0/s1. The lowest BCUT2D eigenvalue weighted by atomic mass is 10.0. The van der Waals surface area contributed by atoms with Gasteiger partial charge in [0.15, 0.2) is 5.13 Å². The zero-order valence-electron chi connectivity index (χ0n) is 13.6. The monoisotopic (exact) mass is 367 g/mol. The lowest BCUT2D eigenvalue weighted by molar-refractivity contribution is -0.120. The van der Waals surface area contributed by atoms with E-state index in [-0.39, 0.29) is 11.0 Å². The Morgan fingerprint density at radius 2 is 1.88 bits per heavy atom. The van der Waals surface area contributed by atoms with Crippen LogP contribution in [-0.2, 0) is 11.3 Å². The molecule has 0 radical (unpaired) electrons. The van der Waals surface area contributed by atoms with Crippen molar-refractivity contribution in [3.8, 4) is 0 Å². The molecule has 4 rings (SSSR count). The fourth-order valence-corrected chi connectivity index (χ4v) is 3.64. The largest absolute Gasteiger partial charge is 0.318 e. The number of fused-ring (bicyclic) bond motifs is 1. The molecule has 0 spiro atoms. The average molecular weight is 367 g/mol. The van der Waals surface area contributed by atoms with Crippen LogP contribution in [0, 0.1) is 5.95 Å². The van der Waals surface area contributed by atoms with Gasteiger partial charge in [-0.05, 0) is 17.2 Å². The molecular formula is C19H14FN3O2S. The average Bonchev–Trinajstić information content (AvgIpc) is 3.20. The summed E-state index contributed by atoms with van der Waals surface area (Å²) in [5.41, 5.74) is 2.16. The molecule has 0 unspecified atom stereocenters. The van der Waals surface area contributed by atoms with Gasteiger partial charge in [0.25, 0.3) is 11.8 Å². The molecule has 0 fully saturated rings. The topological polar surface area (TPSA) is 62.3 Å². The number of nitrogens with one attached hydrogen (secondary N) is 1. The van der Waals surface area contributed by atoms with Crippen molar-refractivity contribution in [2.24, 2.45) is 0 Å². The number of thiazole rings is 1. The number of amides is 2. The first-order valence-electron chi connectivity index (χ1n) is 7.99. The van der Waals surface area contributed by atoms with E-state index in [1.165, 1.54) is 10.3 Å². The van der Waals surface area contributed by atoms with E-state index in [9.17, 15) is 14.0 Å². The van der Waals surface area contributed by atoms with Crippen molar-refractivity contribution in [3.05, 3.63) is 82.6 Å². The van der Waals surface area contributed by atoms with Crippen LogP contribution in [0.4, 0.5) is 9.52 Å². The number of nitrogens with zero attached hydrogens (tertiary/aromatic N) is 2. The summed E-state index contributed by atoms with van der Waals surface area (Å²) in [6.07, 6.45) is 0. The van der Waals surface area contributed by atoms with Gasteiger partial charge in [0.05, 0.1) is 0 Å². The van der Waals surface area contributed by atoms with Gasteiger partial charge in [0.2, 0.25) is 5.95 Å². The maximum atomic E-state index is 13.1. The molecule has 0 saturated carbocycles. The molecule has 0 saturated heterocycles. The van der Waals surface area contributed by atoms with Gasteiger partial charge < -0.3 is 4.90 Å². The number of halogens is 1. The second-order valence-electron chi connectivity index (χ2n) is 5.87. The third kappa shape index (κ3) is 2.97. The van der Waals surface area contributed by atoms with Crippen LogP contribution >= 0.6 is 11.3 Å². The van der Waals surface area contributed by atoms with Gasteiger partial charge in [-0.25, -0.2) is 0 Å². The van der Waals surface area contributed by atoms with Crippen LogP contribution in [-0.4, -0.2) is 21.7 Å². The third-order valence-electron chi connectivity index (χ3n) is 4.23. The smallest absolute Gasteiger partial charge is 0.255 e. The summed E-state index contributed by atoms with van der Waals surface area (Å²) >= 11 is 1.000. The summed E-state index contributed by atoms with van der Waals surface area (Å²) in [5, 5.41) is 4.00. The van der Waals surface area contributed by atoms with Crippen molar-refractivity contribution < 1.29 is 14.0 Å². The van der Waals surface area contributed by atoms with E-state index in [4.69, 9.17) is 0 Å². The molecule has 1 atom stereocenters. The van der Waals surface area contributed by atoms with Crippen LogP contribution in [0.25, 0.3) is 0 Å². The Kier molecular flexibility index (Phi) is 4.22. The Labute approximate surface area is 153 Å². The maximum absolute atomic E-state index is 13.1. The summed E-state index contributed by atoms with van der Waals surface area (Å²) in [6.45, 7) is 0.341. The minimum Gasteiger partial charge on any atom is -0.318 e. The quantitative estimate of drug-likeness (QED) is 0.766. The van der Waals surface area contributed by atoms with Crippen molar-refractivity contribution in [3.63, 3.8) is 0 Å². The number of aromatic nitrogens is 1. The Bertz CT molecular complexity index is 974. The fourth-order valence-electron chi connectivity index (χ4n) is 3.08. The highest BCUT2D eigenvalue weighted by atomic mass is 32.1. The first-order valence-corrected chi connectivity index (χ1v) is 8.87. The zero-order chi connectivity index (χ0) is 18.1. The van der Waals surface area contributed by atoms with Crippen molar-refractivity contribution in [1.29, 1.82) is 0 Å². The number of rotatable bonds is 4. The lowest BCUT2D eigenvalue weighted by Gasteiger charge is -2.27. The molecule has 2 heterocycles. The molecule has 3 aromatic rings. The van der Waals surface area contributed by atoms with Crippen LogP contribution in [0.3, 0.4) is 0 Å². The number of hydrogen-bond donors (Lipinski definition) is 1. The number of carbonyl (C=O) groups is 2. The van der Waals surface area contributed by atoms with E-state index in [1.54, 1.807) is 24.3 Å². The highest BCUT2D eigenvalue weighted by molar-refractivity contribution is 7.13. The SMILES string of the molecule is O=C(Nc1nc(F)cs1)[C@H](c1ccccc1)N1Cc2ccccc2C1=O. The summed E-state index contributed by atoms with van der Waals surface area (Å²) < 4.78 is 13.1. The molecule has 1 N–H and O–H groups in total. The predicted molar refractivity (Wildman–Crippen MR) is 96.2 cm³/mol. The minimum absolute atomic E-state index is 0.164. The molecule has 2 aromatic carbocycles. The van der Waals surface area contributed by atoms with Gasteiger partial charge in [-0.15, -0.1) is 11.3 Å². The molecule has 1 aliphatic rings. The van der Waals surface area contributed by atoms with Gasteiger partial charge in [-0.3, -0.25) is 14.9 Å². The predicted octanol–water partition coefficient (Wildman–Crippen LogP) is 3.62. The van der Waals surface area contributed by atoms with Crippen molar-refractivity contribution in [1.82, 2.24) is 9.88 Å². The maximum Gasteiger partial charge on any atom is 0.255 e. The highest BCUT2D eigenvalue weighted by Gasteiger charge is 2.37. The molecule has 2 amide bonds. The van der Waals surface area contributed by atoms with Crippen LogP contribution in [0.15, 0.2) is 60.0 Å². The van der Waals surface area contributed by atoms with Crippen molar-refractivity contribution >= 4 is 28.3 Å². The van der Waals surface area contributed by atoms with Crippen LogP contribution in [0.5, 0.6) is 0 Å². The Balaban J connectivity index is 1.68. The Morgan fingerprint density at radius 1 is 1.15 bits per heavy atom. The fraction of sp³-hybridized carbons (Fsp3) is 0.105. The molecule has 7 heteroatoms. The number of anilines is 1. The van der Waals surface area contributed by atoms with Crippen LogP contribution in [0.1, 0.15) is 27.5 Å². The lowest BCUT2D eigenvalue weighted by Crippen LogP contribution is -2.37. The van der Waals surface area contributed by atoms with Gasteiger partial charge >= 0.3 is 0 Å². The van der Waals surface area contributed by atoms with Crippen LogP contribution < -0.4 is 5.32 Å². The van der Waals surface area contributed by atoms with Gasteiger partial charge in [0.1, 0.15) is 6.04 Å². The highest BCUT2D eigenvalue weighted by Crippen LogP contribution is 2.32. The second-order valence-corrected chi connectivity index (χ2v) is 6.73. The van der Waals surface area contributed by atoms with E-state index >= 15 is 0 Å². The molecule has 0 bridgehead atoms. The summed E-state index contributed by atoms with van der Waals surface area (Å²) in [7, 11) is 0. The van der Waals surface area contributed by atoms with E-state index in [0.717, 1.165) is 16.9 Å². The van der Waals surface area contributed by atoms with Gasteiger partial charge in [-0.1, -0.05) is 48.5 Å². The van der Waals surface area contributed by atoms with E-state index in [2.05, 4.69) is 10.3 Å². The van der Waals surface area contributed by atoms with E-state index in [1.807, 2.05) is 30.3 Å². The third-order valence-corrected chi connectivity index (χ3v) is 4.96. The van der Waals surface area contributed by atoms with Crippen molar-refractivity contribution in [2.45, 2.75) is 12.6 Å². The molecule has 5 nitrogen and oxygen atoms in total. The normalized spacial score (nSPS) is 14.2. The number of carbonyl (C=O) groups excluding carboxylic acids is 2. The molecular weight excluding hydrogens is 353 g/mol. The van der Waals surface area contributed by atoms with Gasteiger partial charge in [0, 0.05) is 17.5 Å². The first-order chi connectivity index (χ1) is 12.6. The number of benzene rings is 2. The number of hydrogen-bond acceptors (Lipinski definition) is 4. The summed E-state index contributed by atoms with van der Waals surface area (Å²) in [4.78, 5) is 30.9. The molecule has 0 aliphatic carbocycles.